The first-order chi connectivity index (χ1) is 8.16. The minimum absolute atomic E-state index is 0. The molecule has 1 aliphatic rings. The van der Waals surface area contributed by atoms with Crippen molar-refractivity contribution in [2.24, 2.45) is 11.7 Å². The largest absolute Gasteiger partial charge is 0.493 e. The quantitative estimate of drug-likeness (QED) is 0.828. The third kappa shape index (κ3) is 4.20. The van der Waals surface area contributed by atoms with E-state index in [4.69, 9.17) is 15.6 Å². The van der Waals surface area contributed by atoms with Crippen molar-refractivity contribution < 1.29 is 14.6 Å². The van der Waals surface area contributed by atoms with Crippen LogP contribution in [0.2, 0.25) is 0 Å². The smallest absolute Gasteiger partial charge is 0.320 e. The molecular formula is C13H18ClNO3. The SMILES string of the molecule is Cl.N[C@H](Cc1ccccc1OCC1CC1)C(=O)O. The zero-order valence-corrected chi connectivity index (χ0v) is 10.9. The van der Waals surface area contributed by atoms with Crippen molar-refractivity contribution in [2.45, 2.75) is 25.3 Å². The molecule has 18 heavy (non-hydrogen) atoms. The van der Waals surface area contributed by atoms with Crippen LogP contribution < -0.4 is 10.5 Å². The van der Waals surface area contributed by atoms with E-state index in [1.165, 1.54) is 12.8 Å². The Morgan fingerprint density at radius 1 is 1.44 bits per heavy atom. The van der Waals surface area contributed by atoms with Gasteiger partial charge in [0, 0.05) is 6.42 Å². The third-order valence-corrected chi connectivity index (χ3v) is 2.90. The van der Waals surface area contributed by atoms with Gasteiger partial charge in [0.15, 0.2) is 0 Å². The van der Waals surface area contributed by atoms with Gasteiger partial charge in [0.2, 0.25) is 0 Å². The molecule has 1 fully saturated rings. The Morgan fingerprint density at radius 2 is 2.11 bits per heavy atom. The Kier molecular flexibility index (Phi) is 5.44. The molecular weight excluding hydrogens is 254 g/mol. The summed E-state index contributed by atoms with van der Waals surface area (Å²) in [5.41, 5.74) is 6.39. The van der Waals surface area contributed by atoms with Crippen molar-refractivity contribution >= 4 is 18.4 Å². The first kappa shape index (κ1) is 14.8. The molecule has 0 spiro atoms. The van der Waals surface area contributed by atoms with Gasteiger partial charge in [-0.15, -0.1) is 12.4 Å². The molecule has 0 saturated heterocycles. The van der Waals surface area contributed by atoms with Gasteiger partial charge >= 0.3 is 5.97 Å². The lowest BCUT2D eigenvalue weighted by molar-refractivity contribution is -0.138. The molecule has 1 saturated carbocycles. The van der Waals surface area contributed by atoms with Crippen LogP contribution in [0.5, 0.6) is 5.75 Å². The number of carboxylic acid groups (broad SMARTS) is 1. The van der Waals surface area contributed by atoms with Gasteiger partial charge < -0.3 is 15.6 Å². The topological polar surface area (TPSA) is 72.5 Å². The standard InChI is InChI=1S/C13H17NO3.ClH/c14-11(13(15)16)7-10-3-1-2-4-12(10)17-8-9-5-6-9;/h1-4,9,11H,5-8,14H2,(H,15,16);1H/t11-;/m1./s1. The molecule has 0 heterocycles. The zero-order chi connectivity index (χ0) is 12.3. The van der Waals surface area contributed by atoms with E-state index in [2.05, 4.69) is 0 Å². The van der Waals surface area contributed by atoms with Gasteiger partial charge in [0.1, 0.15) is 11.8 Å². The van der Waals surface area contributed by atoms with E-state index in [1.807, 2.05) is 24.3 Å². The summed E-state index contributed by atoms with van der Waals surface area (Å²) in [5.74, 6) is 0.453. The van der Waals surface area contributed by atoms with Crippen LogP contribution in [0.1, 0.15) is 18.4 Å². The first-order valence-electron chi connectivity index (χ1n) is 5.86. The molecule has 1 atom stereocenters. The number of hydrogen-bond acceptors (Lipinski definition) is 3. The number of aliphatic carboxylic acids is 1. The van der Waals surface area contributed by atoms with E-state index < -0.39 is 12.0 Å². The minimum atomic E-state index is -0.984. The second-order valence-electron chi connectivity index (χ2n) is 4.51. The highest BCUT2D eigenvalue weighted by atomic mass is 35.5. The van der Waals surface area contributed by atoms with E-state index in [0.29, 0.717) is 12.3 Å². The van der Waals surface area contributed by atoms with Gasteiger partial charge in [-0.3, -0.25) is 4.79 Å². The maximum Gasteiger partial charge on any atom is 0.320 e. The monoisotopic (exact) mass is 271 g/mol. The van der Waals surface area contributed by atoms with Crippen LogP contribution in [0, 0.1) is 5.92 Å². The molecule has 100 valence electrons. The number of benzene rings is 1. The summed E-state index contributed by atoms with van der Waals surface area (Å²) in [6, 6.07) is 6.61. The molecule has 0 aliphatic heterocycles. The van der Waals surface area contributed by atoms with E-state index in [-0.39, 0.29) is 12.4 Å². The molecule has 3 N–H and O–H groups in total. The summed E-state index contributed by atoms with van der Waals surface area (Å²) in [4.78, 5) is 10.7. The molecule has 5 heteroatoms. The molecule has 2 rings (SSSR count). The molecule has 0 aromatic heterocycles. The van der Waals surface area contributed by atoms with Crippen molar-refractivity contribution in [2.75, 3.05) is 6.61 Å². The average molecular weight is 272 g/mol. The third-order valence-electron chi connectivity index (χ3n) is 2.90. The van der Waals surface area contributed by atoms with Crippen LogP contribution in [0.15, 0.2) is 24.3 Å². The number of carbonyl (C=O) groups is 1. The normalized spacial score (nSPS) is 15.6. The molecule has 1 aromatic rings. The van der Waals surface area contributed by atoms with Crippen LogP contribution in [0.25, 0.3) is 0 Å². The van der Waals surface area contributed by atoms with Gasteiger partial charge in [0.25, 0.3) is 0 Å². The summed E-state index contributed by atoms with van der Waals surface area (Å²) in [7, 11) is 0. The second-order valence-corrected chi connectivity index (χ2v) is 4.51. The molecule has 1 aliphatic carbocycles. The lowest BCUT2D eigenvalue weighted by atomic mass is 10.1. The number of rotatable bonds is 6. The minimum Gasteiger partial charge on any atom is -0.493 e. The van der Waals surface area contributed by atoms with Gasteiger partial charge in [-0.2, -0.15) is 0 Å². The van der Waals surface area contributed by atoms with Gasteiger partial charge in [-0.05, 0) is 30.4 Å². The molecule has 0 unspecified atom stereocenters. The van der Waals surface area contributed by atoms with Crippen LogP contribution >= 0.6 is 12.4 Å². The Bertz CT molecular complexity index is 407. The number of halogens is 1. The van der Waals surface area contributed by atoms with Crippen molar-refractivity contribution in [1.29, 1.82) is 0 Å². The maximum atomic E-state index is 10.7. The van der Waals surface area contributed by atoms with Crippen LogP contribution in [-0.4, -0.2) is 23.7 Å². The fourth-order valence-corrected chi connectivity index (χ4v) is 1.63. The highest BCUT2D eigenvalue weighted by Gasteiger charge is 2.22. The second kappa shape index (κ2) is 6.61. The lowest BCUT2D eigenvalue weighted by Gasteiger charge is -2.12. The Hall–Kier alpha value is -1.26. The Labute approximate surface area is 113 Å². The molecule has 0 bridgehead atoms. The number of carboxylic acids is 1. The summed E-state index contributed by atoms with van der Waals surface area (Å²) in [5, 5.41) is 8.80. The molecule has 1 aromatic carbocycles. The number of ether oxygens (including phenoxy) is 1. The van der Waals surface area contributed by atoms with Crippen molar-refractivity contribution in [1.82, 2.24) is 0 Å². The summed E-state index contributed by atoms with van der Waals surface area (Å²) < 4.78 is 5.69. The summed E-state index contributed by atoms with van der Waals surface area (Å²) in [6.45, 7) is 0.722. The van der Waals surface area contributed by atoms with Crippen LogP contribution in [0.3, 0.4) is 0 Å². The van der Waals surface area contributed by atoms with E-state index in [9.17, 15) is 4.79 Å². The van der Waals surface area contributed by atoms with Gasteiger partial charge in [0.05, 0.1) is 6.61 Å². The van der Waals surface area contributed by atoms with Crippen LogP contribution in [-0.2, 0) is 11.2 Å². The maximum absolute atomic E-state index is 10.7. The molecule has 0 amide bonds. The fraction of sp³-hybridized carbons (Fsp3) is 0.462. The van der Waals surface area contributed by atoms with Crippen LogP contribution in [0.4, 0.5) is 0 Å². The fourth-order valence-electron chi connectivity index (χ4n) is 1.63. The van der Waals surface area contributed by atoms with Crippen molar-refractivity contribution in [3.05, 3.63) is 29.8 Å². The summed E-state index contributed by atoms with van der Waals surface area (Å²) in [6.07, 6.45) is 2.77. The first-order valence-corrected chi connectivity index (χ1v) is 5.86. The van der Waals surface area contributed by atoms with Crippen molar-refractivity contribution in [3.63, 3.8) is 0 Å². The average Bonchev–Trinajstić information content (AvgIpc) is 3.11. The number of hydrogen-bond donors (Lipinski definition) is 2. The predicted molar refractivity (Wildman–Crippen MR) is 71.2 cm³/mol. The lowest BCUT2D eigenvalue weighted by Crippen LogP contribution is -2.32. The van der Waals surface area contributed by atoms with Crippen molar-refractivity contribution in [3.8, 4) is 5.75 Å². The number of nitrogens with two attached hydrogens (primary N) is 1. The highest BCUT2D eigenvalue weighted by molar-refractivity contribution is 5.85. The van der Waals surface area contributed by atoms with Gasteiger partial charge in [-0.25, -0.2) is 0 Å². The predicted octanol–water partition coefficient (Wildman–Crippen LogP) is 1.85. The summed E-state index contributed by atoms with van der Waals surface area (Å²) >= 11 is 0. The highest BCUT2D eigenvalue weighted by Crippen LogP contribution is 2.30. The van der Waals surface area contributed by atoms with E-state index in [1.54, 1.807) is 0 Å². The van der Waals surface area contributed by atoms with Gasteiger partial charge in [-0.1, -0.05) is 18.2 Å². The Morgan fingerprint density at radius 3 is 2.72 bits per heavy atom. The molecule has 0 radical (unpaired) electrons. The zero-order valence-electron chi connectivity index (χ0n) is 10.0. The molecule has 4 nitrogen and oxygen atoms in total. The Balaban J connectivity index is 0.00000162. The van der Waals surface area contributed by atoms with E-state index in [0.717, 1.165) is 17.9 Å². The number of para-hydroxylation sites is 1. The van der Waals surface area contributed by atoms with E-state index >= 15 is 0 Å².